The van der Waals surface area contributed by atoms with E-state index in [1.165, 1.54) is 6.42 Å². The van der Waals surface area contributed by atoms with Gasteiger partial charge >= 0.3 is 0 Å². The number of carbonyl (C=O) groups excluding carboxylic acids is 1. The molecule has 1 unspecified atom stereocenters. The molecule has 2 aliphatic rings. The van der Waals surface area contributed by atoms with E-state index in [9.17, 15) is 4.79 Å². The molecule has 0 aromatic carbocycles. The Labute approximate surface area is 102 Å². The minimum Gasteiger partial charge on any atom is -0.342 e. The molecule has 3 atom stereocenters. The van der Waals surface area contributed by atoms with Crippen LogP contribution in [0.25, 0.3) is 0 Å². The molecule has 1 saturated carbocycles. The summed E-state index contributed by atoms with van der Waals surface area (Å²) >= 11 is 1.75. The lowest BCUT2D eigenvalue weighted by Gasteiger charge is -2.27. The van der Waals surface area contributed by atoms with Crippen LogP contribution in [0.5, 0.6) is 0 Å². The molecule has 2 fully saturated rings. The molecule has 1 amide bonds. The molecule has 1 aliphatic carbocycles. The number of rotatable bonds is 3. The SMILES string of the molecule is CSCCC(=O)N1C[C@H]2CCC(N)C[C@H]2C1. The maximum absolute atomic E-state index is 11.9. The Hall–Kier alpha value is -0.220. The molecule has 2 rings (SSSR count). The smallest absolute Gasteiger partial charge is 0.223 e. The molecule has 0 aromatic rings. The summed E-state index contributed by atoms with van der Waals surface area (Å²) in [6.45, 7) is 1.95. The van der Waals surface area contributed by atoms with Crippen molar-refractivity contribution in [2.24, 2.45) is 17.6 Å². The first kappa shape index (κ1) is 12.2. The number of carbonyl (C=O) groups is 1. The largest absolute Gasteiger partial charge is 0.342 e. The van der Waals surface area contributed by atoms with E-state index >= 15 is 0 Å². The van der Waals surface area contributed by atoms with Crippen molar-refractivity contribution in [1.29, 1.82) is 0 Å². The maximum atomic E-state index is 11.9. The number of nitrogens with two attached hydrogens (primary N) is 1. The summed E-state index contributed by atoms with van der Waals surface area (Å²) in [6, 6.07) is 0.377. The number of thioether (sulfide) groups is 1. The van der Waals surface area contributed by atoms with Gasteiger partial charge in [0.1, 0.15) is 0 Å². The molecule has 1 saturated heterocycles. The van der Waals surface area contributed by atoms with E-state index in [0.29, 0.717) is 24.3 Å². The summed E-state index contributed by atoms with van der Waals surface area (Å²) in [7, 11) is 0. The fraction of sp³-hybridized carbons (Fsp3) is 0.917. The second-order valence-electron chi connectivity index (χ2n) is 5.13. The van der Waals surface area contributed by atoms with Gasteiger partial charge in [-0.25, -0.2) is 0 Å². The monoisotopic (exact) mass is 242 g/mol. The average molecular weight is 242 g/mol. The Kier molecular flexibility index (Phi) is 4.14. The first-order chi connectivity index (χ1) is 7.70. The highest BCUT2D eigenvalue weighted by Crippen LogP contribution is 2.35. The van der Waals surface area contributed by atoms with E-state index in [1.807, 2.05) is 0 Å². The fourth-order valence-electron chi connectivity index (χ4n) is 3.02. The summed E-state index contributed by atoms with van der Waals surface area (Å²) in [5.74, 6) is 2.71. The molecule has 0 spiro atoms. The third-order valence-corrected chi connectivity index (χ3v) is 4.58. The standard InChI is InChI=1S/C12H22N2OS/c1-16-5-4-12(15)14-7-9-2-3-11(13)6-10(9)8-14/h9-11H,2-8,13H2,1H3/t9-,10+,11?/m1/s1. The fourth-order valence-corrected chi connectivity index (χ4v) is 3.40. The molecule has 2 N–H and O–H groups in total. The zero-order valence-electron chi connectivity index (χ0n) is 10.0. The Bertz CT molecular complexity index is 259. The Morgan fingerprint density at radius 2 is 2.12 bits per heavy atom. The molecule has 1 aliphatic heterocycles. The molecule has 0 bridgehead atoms. The van der Waals surface area contributed by atoms with Crippen LogP contribution in [-0.4, -0.2) is 41.9 Å². The number of nitrogens with zero attached hydrogens (tertiary/aromatic N) is 1. The van der Waals surface area contributed by atoms with E-state index < -0.39 is 0 Å². The van der Waals surface area contributed by atoms with Crippen LogP contribution in [0.4, 0.5) is 0 Å². The van der Waals surface area contributed by atoms with Crippen LogP contribution in [0.3, 0.4) is 0 Å². The van der Waals surface area contributed by atoms with E-state index in [0.717, 1.165) is 37.6 Å². The zero-order chi connectivity index (χ0) is 11.5. The Morgan fingerprint density at radius 3 is 2.88 bits per heavy atom. The first-order valence-electron chi connectivity index (χ1n) is 6.23. The van der Waals surface area contributed by atoms with Crippen molar-refractivity contribution in [3.05, 3.63) is 0 Å². The number of fused-ring (bicyclic) bond motifs is 1. The van der Waals surface area contributed by atoms with E-state index in [2.05, 4.69) is 11.2 Å². The van der Waals surface area contributed by atoms with Crippen LogP contribution in [0.2, 0.25) is 0 Å². The molecule has 0 radical (unpaired) electrons. The van der Waals surface area contributed by atoms with Crippen LogP contribution in [0.15, 0.2) is 0 Å². The highest BCUT2D eigenvalue weighted by molar-refractivity contribution is 7.98. The third kappa shape index (κ3) is 2.72. The predicted octanol–water partition coefficient (Wildman–Crippen LogP) is 1.33. The number of likely N-dealkylation sites (tertiary alicyclic amines) is 1. The van der Waals surface area contributed by atoms with Crippen molar-refractivity contribution in [3.8, 4) is 0 Å². The first-order valence-corrected chi connectivity index (χ1v) is 7.62. The topological polar surface area (TPSA) is 46.3 Å². The van der Waals surface area contributed by atoms with Gasteiger partial charge in [0.2, 0.25) is 5.91 Å². The van der Waals surface area contributed by atoms with Gasteiger partial charge in [0, 0.05) is 31.3 Å². The van der Waals surface area contributed by atoms with Crippen molar-refractivity contribution in [3.63, 3.8) is 0 Å². The lowest BCUT2D eigenvalue weighted by molar-refractivity contribution is -0.129. The van der Waals surface area contributed by atoms with Crippen molar-refractivity contribution in [1.82, 2.24) is 4.90 Å². The number of hydrogen-bond donors (Lipinski definition) is 1. The highest BCUT2D eigenvalue weighted by atomic mass is 32.2. The second-order valence-corrected chi connectivity index (χ2v) is 6.12. The summed E-state index contributed by atoms with van der Waals surface area (Å²) in [5, 5.41) is 0. The Morgan fingerprint density at radius 1 is 1.38 bits per heavy atom. The zero-order valence-corrected chi connectivity index (χ0v) is 10.8. The van der Waals surface area contributed by atoms with Crippen LogP contribution in [0.1, 0.15) is 25.7 Å². The maximum Gasteiger partial charge on any atom is 0.223 e. The van der Waals surface area contributed by atoms with Crippen molar-refractivity contribution < 1.29 is 4.79 Å². The van der Waals surface area contributed by atoms with Crippen LogP contribution in [-0.2, 0) is 4.79 Å². The van der Waals surface area contributed by atoms with E-state index in [4.69, 9.17) is 5.73 Å². The summed E-state index contributed by atoms with van der Waals surface area (Å²) in [5.41, 5.74) is 5.99. The average Bonchev–Trinajstić information content (AvgIpc) is 2.68. The normalized spacial score (nSPS) is 33.9. The second kappa shape index (κ2) is 5.41. The van der Waals surface area contributed by atoms with Crippen LogP contribution < -0.4 is 5.73 Å². The van der Waals surface area contributed by atoms with Gasteiger partial charge in [0.25, 0.3) is 0 Å². The van der Waals surface area contributed by atoms with Gasteiger partial charge in [-0.3, -0.25) is 4.79 Å². The third-order valence-electron chi connectivity index (χ3n) is 3.96. The van der Waals surface area contributed by atoms with Gasteiger partial charge in [-0.1, -0.05) is 0 Å². The molecule has 4 heteroatoms. The van der Waals surface area contributed by atoms with E-state index in [1.54, 1.807) is 11.8 Å². The van der Waals surface area contributed by atoms with Gasteiger partial charge < -0.3 is 10.6 Å². The Balaban J connectivity index is 1.84. The molecule has 16 heavy (non-hydrogen) atoms. The van der Waals surface area contributed by atoms with Gasteiger partial charge in [-0.2, -0.15) is 11.8 Å². The van der Waals surface area contributed by atoms with Gasteiger partial charge in [-0.15, -0.1) is 0 Å². The number of hydrogen-bond acceptors (Lipinski definition) is 3. The van der Waals surface area contributed by atoms with E-state index in [-0.39, 0.29) is 0 Å². The number of amides is 1. The quantitative estimate of drug-likeness (QED) is 0.812. The molecule has 1 heterocycles. The summed E-state index contributed by atoms with van der Waals surface area (Å²) in [6.07, 6.45) is 6.24. The summed E-state index contributed by atoms with van der Waals surface area (Å²) in [4.78, 5) is 14.0. The van der Waals surface area contributed by atoms with Gasteiger partial charge in [-0.05, 0) is 37.4 Å². The molecule has 3 nitrogen and oxygen atoms in total. The van der Waals surface area contributed by atoms with Crippen molar-refractivity contribution in [2.75, 3.05) is 25.1 Å². The molecule has 92 valence electrons. The molecular weight excluding hydrogens is 220 g/mol. The van der Waals surface area contributed by atoms with Crippen LogP contribution >= 0.6 is 11.8 Å². The lowest BCUT2D eigenvalue weighted by atomic mass is 9.79. The predicted molar refractivity (Wildman–Crippen MR) is 68.4 cm³/mol. The highest BCUT2D eigenvalue weighted by Gasteiger charge is 2.38. The molecule has 0 aromatic heterocycles. The lowest BCUT2D eigenvalue weighted by Crippen LogP contribution is -2.32. The van der Waals surface area contributed by atoms with Crippen molar-refractivity contribution in [2.45, 2.75) is 31.7 Å². The van der Waals surface area contributed by atoms with Crippen LogP contribution in [0, 0.1) is 11.8 Å². The summed E-state index contributed by atoms with van der Waals surface area (Å²) < 4.78 is 0. The minimum atomic E-state index is 0.345. The van der Waals surface area contributed by atoms with Gasteiger partial charge in [0.15, 0.2) is 0 Å². The minimum absolute atomic E-state index is 0.345. The molecular formula is C12H22N2OS. The van der Waals surface area contributed by atoms with Crippen molar-refractivity contribution >= 4 is 17.7 Å². The van der Waals surface area contributed by atoms with Gasteiger partial charge in [0.05, 0.1) is 0 Å².